The lowest BCUT2D eigenvalue weighted by Gasteiger charge is -2.29. The maximum Gasteiger partial charge on any atom is 0.241 e. The predicted molar refractivity (Wildman–Crippen MR) is 134 cm³/mol. The number of ether oxygens (including phenoxy) is 2. The Labute approximate surface area is 204 Å². The topological polar surface area (TPSA) is 78.5 Å². The van der Waals surface area contributed by atoms with Crippen LogP contribution >= 0.6 is 0 Å². The van der Waals surface area contributed by atoms with Gasteiger partial charge in [-0.3, -0.25) is 0 Å². The Morgan fingerprint density at radius 2 is 1.94 bits per heavy atom. The van der Waals surface area contributed by atoms with Gasteiger partial charge in [-0.2, -0.15) is 0 Å². The molecular formula is C26H33FN6O2. The van der Waals surface area contributed by atoms with Crippen molar-refractivity contribution >= 4 is 22.5 Å². The molecule has 1 N–H and O–H groups in total. The second kappa shape index (κ2) is 9.91. The lowest BCUT2D eigenvalue weighted by molar-refractivity contribution is -0.00158. The maximum atomic E-state index is 15.0. The van der Waals surface area contributed by atoms with E-state index < -0.39 is 0 Å². The Balaban J connectivity index is 1.34. The molecule has 9 heteroatoms. The van der Waals surface area contributed by atoms with Crippen LogP contribution in [0.15, 0.2) is 30.6 Å². The van der Waals surface area contributed by atoms with Crippen LogP contribution in [0.2, 0.25) is 0 Å². The molecule has 186 valence electrons. The third-order valence-corrected chi connectivity index (χ3v) is 6.82. The van der Waals surface area contributed by atoms with Crippen molar-refractivity contribution in [3.05, 3.63) is 42.2 Å². The molecule has 5 rings (SSSR count). The van der Waals surface area contributed by atoms with Gasteiger partial charge in [0.25, 0.3) is 0 Å². The van der Waals surface area contributed by atoms with Crippen molar-refractivity contribution in [2.75, 3.05) is 25.6 Å². The normalized spacial score (nSPS) is 18.7. The summed E-state index contributed by atoms with van der Waals surface area (Å²) in [5.74, 6) is 1.08. The monoisotopic (exact) mass is 480 g/mol. The summed E-state index contributed by atoms with van der Waals surface area (Å²) in [7, 11) is 1.69. The first kappa shape index (κ1) is 23.7. The van der Waals surface area contributed by atoms with E-state index in [4.69, 9.17) is 9.47 Å². The number of hydrogen-bond donors (Lipinski definition) is 1. The Bertz CT molecular complexity index is 1320. The van der Waals surface area contributed by atoms with Crippen LogP contribution in [0.3, 0.4) is 0 Å². The molecule has 1 aromatic carbocycles. The fraction of sp³-hybridized carbons (Fsp3) is 0.500. The van der Waals surface area contributed by atoms with E-state index >= 15 is 0 Å². The Morgan fingerprint density at radius 1 is 1.14 bits per heavy atom. The van der Waals surface area contributed by atoms with Crippen molar-refractivity contribution in [2.24, 2.45) is 0 Å². The number of fused-ring (bicyclic) bond motifs is 2. The molecule has 1 saturated carbocycles. The van der Waals surface area contributed by atoms with Crippen LogP contribution in [0, 0.1) is 12.7 Å². The average molecular weight is 481 g/mol. The van der Waals surface area contributed by atoms with E-state index in [0.29, 0.717) is 36.8 Å². The zero-order valence-electron chi connectivity index (χ0n) is 20.8. The number of methoxy groups -OCH3 is 1. The molecule has 0 bridgehead atoms. The van der Waals surface area contributed by atoms with Crippen LogP contribution in [0.25, 0.3) is 27.7 Å². The van der Waals surface area contributed by atoms with Crippen molar-refractivity contribution in [2.45, 2.75) is 64.6 Å². The average Bonchev–Trinajstić information content (AvgIpc) is 3.40. The highest BCUT2D eigenvalue weighted by Crippen LogP contribution is 2.32. The molecule has 0 atom stereocenters. The van der Waals surface area contributed by atoms with Gasteiger partial charge >= 0.3 is 0 Å². The second-order valence-corrected chi connectivity index (χ2v) is 9.57. The highest BCUT2D eigenvalue weighted by atomic mass is 19.1. The van der Waals surface area contributed by atoms with Gasteiger partial charge in [0.1, 0.15) is 11.3 Å². The number of halogens is 1. The van der Waals surface area contributed by atoms with Crippen molar-refractivity contribution in [3.63, 3.8) is 0 Å². The van der Waals surface area contributed by atoms with Crippen molar-refractivity contribution in [1.82, 2.24) is 24.1 Å². The summed E-state index contributed by atoms with van der Waals surface area (Å²) in [6, 6.07) is 6.02. The van der Waals surface area contributed by atoms with E-state index in [1.807, 2.05) is 25.3 Å². The number of aryl methyl sites for hydroxylation is 1. The van der Waals surface area contributed by atoms with Crippen LogP contribution in [0.4, 0.5) is 10.3 Å². The number of anilines is 1. The van der Waals surface area contributed by atoms with Crippen molar-refractivity contribution < 1.29 is 13.9 Å². The van der Waals surface area contributed by atoms with Gasteiger partial charge in [-0.15, -0.1) is 5.10 Å². The fourth-order valence-electron chi connectivity index (χ4n) is 5.14. The molecule has 8 nitrogen and oxygen atoms in total. The molecule has 0 spiro atoms. The third kappa shape index (κ3) is 4.75. The largest absolute Gasteiger partial charge is 0.382 e. The fourth-order valence-corrected chi connectivity index (χ4v) is 5.14. The highest BCUT2D eigenvalue weighted by Gasteiger charge is 2.22. The minimum Gasteiger partial charge on any atom is -0.382 e. The van der Waals surface area contributed by atoms with E-state index in [2.05, 4.69) is 38.8 Å². The van der Waals surface area contributed by atoms with E-state index in [1.54, 1.807) is 23.9 Å². The van der Waals surface area contributed by atoms with Crippen LogP contribution in [-0.4, -0.2) is 56.6 Å². The minimum atomic E-state index is -0.319. The molecule has 0 amide bonds. The van der Waals surface area contributed by atoms with Crippen LogP contribution in [0.5, 0.6) is 0 Å². The maximum absolute atomic E-state index is 15.0. The Kier molecular flexibility index (Phi) is 6.71. The van der Waals surface area contributed by atoms with Crippen LogP contribution in [-0.2, 0) is 9.47 Å². The molecule has 0 radical (unpaired) electrons. The summed E-state index contributed by atoms with van der Waals surface area (Å²) < 4.78 is 29.8. The van der Waals surface area contributed by atoms with Gasteiger partial charge in [0.05, 0.1) is 36.5 Å². The lowest BCUT2D eigenvalue weighted by Crippen LogP contribution is -2.31. The number of rotatable bonds is 8. The number of nitrogens with one attached hydrogen (secondary N) is 1. The van der Waals surface area contributed by atoms with E-state index in [9.17, 15) is 4.39 Å². The van der Waals surface area contributed by atoms with E-state index in [1.165, 1.54) is 0 Å². The molecule has 1 fully saturated rings. The standard InChI is InChI=1S/C26H33FN6O2/c1-16(2)33-17(3)29-25-22(27)13-18(14-23(25)33)21-9-10-32-24(21)15-28-26(31-32)30-19-5-7-20(8-6-19)35-12-11-34-4/h9-10,13-16,19-20H,5-8,11-12H2,1-4H3,(H,30,31)/t19-,20-. The number of aromatic nitrogens is 5. The van der Waals surface area contributed by atoms with Gasteiger partial charge in [0, 0.05) is 31.0 Å². The second-order valence-electron chi connectivity index (χ2n) is 9.57. The summed E-state index contributed by atoms with van der Waals surface area (Å²) in [5, 5.41) is 8.14. The van der Waals surface area contributed by atoms with Crippen LogP contribution < -0.4 is 5.32 Å². The first-order valence-electron chi connectivity index (χ1n) is 12.3. The molecule has 1 aliphatic carbocycles. The molecule has 3 aromatic heterocycles. The smallest absolute Gasteiger partial charge is 0.241 e. The van der Waals surface area contributed by atoms with Crippen LogP contribution in [0.1, 0.15) is 51.4 Å². The zero-order chi connectivity index (χ0) is 24.5. The third-order valence-electron chi connectivity index (χ3n) is 6.82. The molecular weight excluding hydrogens is 447 g/mol. The van der Waals surface area contributed by atoms with Gasteiger partial charge in [-0.25, -0.2) is 18.9 Å². The van der Waals surface area contributed by atoms with Gasteiger partial charge < -0.3 is 19.4 Å². The first-order valence-corrected chi connectivity index (χ1v) is 12.3. The van der Waals surface area contributed by atoms with Crippen molar-refractivity contribution in [3.8, 4) is 11.1 Å². The summed E-state index contributed by atoms with van der Waals surface area (Å²) in [4.78, 5) is 9.02. The molecule has 4 aromatic rings. The molecule has 35 heavy (non-hydrogen) atoms. The summed E-state index contributed by atoms with van der Waals surface area (Å²) >= 11 is 0. The minimum absolute atomic E-state index is 0.185. The summed E-state index contributed by atoms with van der Waals surface area (Å²) in [6.45, 7) is 7.35. The summed E-state index contributed by atoms with van der Waals surface area (Å²) in [5.41, 5.74) is 3.71. The van der Waals surface area contributed by atoms with Gasteiger partial charge in [-0.1, -0.05) is 0 Å². The number of imidazole rings is 1. The lowest BCUT2D eigenvalue weighted by atomic mass is 9.93. The SMILES string of the molecule is COCCO[C@H]1CC[C@H](Nc2ncc3c(-c4cc(F)c5nc(C)n(C(C)C)c5c4)ccn3n2)CC1. The number of benzene rings is 1. The van der Waals surface area contributed by atoms with Crippen molar-refractivity contribution in [1.29, 1.82) is 0 Å². The summed E-state index contributed by atoms with van der Waals surface area (Å²) in [6.07, 6.45) is 8.04. The number of hydrogen-bond acceptors (Lipinski definition) is 6. The van der Waals surface area contributed by atoms with E-state index in [-0.39, 0.29) is 11.9 Å². The zero-order valence-corrected chi connectivity index (χ0v) is 20.8. The first-order chi connectivity index (χ1) is 16.9. The molecule has 0 unspecified atom stereocenters. The quantitative estimate of drug-likeness (QED) is 0.351. The Morgan fingerprint density at radius 3 is 2.69 bits per heavy atom. The van der Waals surface area contributed by atoms with Gasteiger partial charge in [0.2, 0.25) is 5.95 Å². The molecule has 1 aliphatic rings. The molecule has 0 aliphatic heterocycles. The number of nitrogens with zero attached hydrogens (tertiary/aromatic N) is 5. The van der Waals surface area contributed by atoms with E-state index in [0.717, 1.165) is 53.7 Å². The molecule has 3 heterocycles. The highest BCUT2D eigenvalue weighted by molar-refractivity contribution is 5.88. The molecule has 0 saturated heterocycles. The van der Waals surface area contributed by atoms with Gasteiger partial charge in [0.15, 0.2) is 5.82 Å². The Hall–Kier alpha value is -3.04. The predicted octanol–water partition coefficient (Wildman–Crippen LogP) is 5.16. The van der Waals surface area contributed by atoms with Gasteiger partial charge in [-0.05, 0) is 70.2 Å².